The van der Waals surface area contributed by atoms with Gasteiger partial charge in [-0.1, -0.05) is 352 Å². The molecular formula is C124H78N4O2. The molecule has 6 heteroatoms. The van der Waals surface area contributed by atoms with Crippen LogP contribution in [0.15, 0.2) is 482 Å². The van der Waals surface area contributed by atoms with E-state index in [0.29, 0.717) is 0 Å². The summed E-state index contributed by atoms with van der Waals surface area (Å²) >= 11 is 0. The van der Waals surface area contributed by atoms with Gasteiger partial charge in [0.25, 0.3) is 0 Å². The Morgan fingerprint density at radius 3 is 1.08 bits per heavy atom. The summed E-state index contributed by atoms with van der Waals surface area (Å²) in [6.45, 7) is 0. The van der Waals surface area contributed by atoms with E-state index in [4.69, 9.17) is 8.83 Å². The molecule has 0 saturated carbocycles. The maximum Gasteiger partial charge on any atom is 0.143 e. The minimum atomic E-state index is 0.818. The summed E-state index contributed by atoms with van der Waals surface area (Å²) in [5.74, 6) is 0. The first-order chi connectivity index (χ1) is 64.5. The van der Waals surface area contributed by atoms with Crippen LogP contribution >= 0.6 is 0 Å². The van der Waals surface area contributed by atoms with Gasteiger partial charge in [0, 0.05) is 105 Å². The zero-order valence-corrected chi connectivity index (χ0v) is 70.6. The highest BCUT2D eigenvalue weighted by molar-refractivity contribution is 6.20. The summed E-state index contributed by atoms with van der Waals surface area (Å²) in [7, 11) is 0. The van der Waals surface area contributed by atoms with E-state index in [0.717, 1.165) is 194 Å². The number of para-hydroxylation sites is 12. The Kier molecular flexibility index (Phi) is 17.2. The number of fused-ring (bicyclic) bond motifs is 18. The van der Waals surface area contributed by atoms with E-state index in [2.05, 4.69) is 486 Å². The summed E-state index contributed by atoms with van der Waals surface area (Å²) in [6.07, 6.45) is 0. The van der Waals surface area contributed by atoms with Crippen LogP contribution < -0.4 is 9.80 Å². The molecule has 26 rings (SSSR count). The van der Waals surface area contributed by atoms with E-state index in [-0.39, 0.29) is 0 Å². The first-order valence-corrected chi connectivity index (χ1v) is 44.6. The van der Waals surface area contributed by atoms with Crippen LogP contribution in [-0.2, 0) is 0 Å². The number of rotatable bonds is 15. The van der Waals surface area contributed by atoms with Crippen LogP contribution in [0.4, 0.5) is 34.1 Å². The number of benzene rings is 22. The Bertz CT molecular complexity index is 9010. The van der Waals surface area contributed by atoms with E-state index in [9.17, 15) is 0 Å². The van der Waals surface area contributed by atoms with Crippen molar-refractivity contribution < 1.29 is 8.83 Å². The summed E-state index contributed by atoms with van der Waals surface area (Å²) in [6, 6.07) is 173. The monoisotopic (exact) mass is 1650 g/mol. The number of aromatic nitrogens is 2. The number of anilines is 6. The molecule has 0 unspecified atom stereocenters. The Morgan fingerprint density at radius 1 is 0.162 bits per heavy atom. The van der Waals surface area contributed by atoms with Gasteiger partial charge in [-0.05, 0) is 203 Å². The van der Waals surface area contributed by atoms with Crippen LogP contribution in [0.25, 0.3) is 220 Å². The summed E-state index contributed by atoms with van der Waals surface area (Å²) < 4.78 is 19.4. The average molecular weight is 1660 g/mol. The first kappa shape index (κ1) is 74.1. The molecule has 0 aliphatic carbocycles. The van der Waals surface area contributed by atoms with E-state index in [1.807, 2.05) is 6.07 Å². The van der Waals surface area contributed by atoms with E-state index >= 15 is 0 Å². The van der Waals surface area contributed by atoms with Crippen LogP contribution in [0.1, 0.15) is 0 Å². The van der Waals surface area contributed by atoms with Crippen LogP contribution in [0.3, 0.4) is 0 Å². The maximum atomic E-state index is 7.60. The molecule has 0 radical (unpaired) electrons. The van der Waals surface area contributed by atoms with Gasteiger partial charge >= 0.3 is 0 Å². The molecule has 0 spiro atoms. The molecular weight excluding hydrogens is 1580 g/mol. The molecule has 130 heavy (non-hydrogen) atoms. The second-order valence-corrected chi connectivity index (χ2v) is 34.1. The highest BCUT2D eigenvalue weighted by Crippen LogP contribution is 2.52. The van der Waals surface area contributed by atoms with E-state index in [1.165, 1.54) is 59.5 Å². The van der Waals surface area contributed by atoms with Crippen molar-refractivity contribution in [2.24, 2.45) is 0 Å². The van der Waals surface area contributed by atoms with Crippen LogP contribution in [0.5, 0.6) is 0 Å². The minimum absolute atomic E-state index is 0.818. The van der Waals surface area contributed by atoms with Gasteiger partial charge in [-0.15, -0.1) is 0 Å². The normalized spacial score (nSPS) is 11.8. The third-order valence-electron chi connectivity index (χ3n) is 26.9. The fourth-order valence-electron chi connectivity index (χ4n) is 21.0. The SMILES string of the molecule is c1cc(-c2ccccc2-n2c3ccccc3c3ccccc32)cc(N(c2cccc(-c3cc4ccccc4c4cc(-c5cccc6c5oc5c(-c7ccccc7N(c7ccc(-c8ccc9c(ccc%10ccccc%109)c8)cc7)c7cccc(-c8ccccc8-n8c9ccccc9c9ccccc98)c7)cccc56)ccc34)c2)c2ccccc2-c2cccc3c2oc2ccccc23)c1. The second kappa shape index (κ2) is 30.2. The maximum absolute atomic E-state index is 7.60. The van der Waals surface area contributed by atoms with E-state index in [1.54, 1.807) is 0 Å². The second-order valence-electron chi connectivity index (χ2n) is 34.1. The van der Waals surface area contributed by atoms with Crippen molar-refractivity contribution in [3.8, 4) is 89.3 Å². The van der Waals surface area contributed by atoms with Crippen molar-refractivity contribution in [2.75, 3.05) is 9.80 Å². The highest BCUT2D eigenvalue weighted by Gasteiger charge is 2.28. The lowest BCUT2D eigenvalue weighted by molar-refractivity contribution is 0.670. The van der Waals surface area contributed by atoms with Crippen LogP contribution in [-0.4, -0.2) is 9.13 Å². The lowest BCUT2D eigenvalue weighted by Gasteiger charge is -2.29. The Labute approximate surface area is 749 Å². The van der Waals surface area contributed by atoms with Crippen LogP contribution in [0, 0.1) is 0 Å². The first-order valence-electron chi connectivity index (χ1n) is 44.6. The Balaban J connectivity index is 0.602. The molecule has 0 fully saturated rings. The fourth-order valence-corrected chi connectivity index (χ4v) is 21.0. The fraction of sp³-hybridized carbons (Fsp3) is 0. The van der Waals surface area contributed by atoms with Crippen molar-refractivity contribution in [1.82, 2.24) is 9.13 Å². The molecule has 0 aliphatic heterocycles. The lowest BCUT2D eigenvalue weighted by atomic mass is 9.90. The highest BCUT2D eigenvalue weighted by atomic mass is 16.3. The van der Waals surface area contributed by atoms with Gasteiger partial charge < -0.3 is 27.8 Å². The molecule has 0 aliphatic rings. The lowest BCUT2D eigenvalue weighted by Crippen LogP contribution is -2.11. The Morgan fingerprint density at radius 2 is 0.515 bits per heavy atom. The standard InChI is InChI=1S/C124H78N4O2/c1-3-37-92-80(29-1)63-64-86-73-81(67-71-94(86)92)79-65-69-88(70-66-79)125(89-34-23-31-82(74-89)95-39-5-14-54-113(95)127-117-58-18-7-41-99(117)100-42-8-19-59-118(100)127)115-56-16-11-46-104(115)107-50-28-53-110-109-52-26-48-97(122(109)130-124(107)110)87-68-72-98-111(77-85-30-2-4-38-93(85)112(98)78-87)84-33-25-36-91(76-84)126(116-57-17-12-45-103(116)106-49-27-51-108-105-47-13-22-62-121(105)129-123(106)108)90-35-24-32-83(75-90)96-40-6-15-55-114(96)128-119-60-20-9-43-101(119)102-44-10-21-61-120(102)128/h1-78H. The number of hydrogen-bond acceptors (Lipinski definition) is 4. The number of hydrogen-bond donors (Lipinski definition) is 0. The molecule has 606 valence electrons. The van der Waals surface area contributed by atoms with Crippen molar-refractivity contribution in [2.45, 2.75) is 0 Å². The van der Waals surface area contributed by atoms with Gasteiger partial charge in [-0.25, -0.2) is 0 Å². The van der Waals surface area contributed by atoms with Gasteiger partial charge in [-0.3, -0.25) is 0 Å². The largest absolute Gasteiger partial charge is 0.455 e. The molecule has 0 saturated heterocycles. The molecule has 22 aromatic carbocycles. The third-order valence-corrected chi connectivity index (χ3v) is 26.9. The molecule has 0 amide bonds. The van der Waals surface area contributed by atoms with Gasteiger partial charge in [0.2, 0.25) is 0 Å². The minimum Gasteiger partial charge on any atom is -0.455 e. The molecule has 26 aromatic rings. The quantitative estimate of drug-likeness (QED) is 0.0960. The van der Waals surface area contributed by atoms with Gasteiger partial charge in [0.1, 0.15) is 22.3 Å². The van der Waals surface area contributed by atoms with Gasteiger partial charge in [0.05, 0.1) is 44.8 Å². The topological polar surface area (TPSA) is 42.6 Å². The molecule has 6 nitrogen and oxygen atoms in total. The molecule has 4 aromatic heterocycles. The number of furan rings is 2. The van der Waals surface area contributed by atoms with Crippen molar-refractivity contribution in [3.63, 3.8) is 0 Å². The zero-order valence-electron chi connectivity index (χ0n) is 70.6. The molecule has 0 bridgehead atoms. The molecule has 0 N–H and O–H groups in total. The molecule has 4 heterocycles. The summed E-state index contributed by atoms with van der Waals surface area (Å²) in [4.78, 5) is 4.88. The Hall–Kier alpha value is -17.3. The number of nitrogens with zero attached hydrogens (tertiary/aromatic N) is 4. The predicted octanol–water partition coefficient (Wildman–Crippen LogP) is 34.9. The van der Waals surface area contributed by atoms with Crippen LogP contribution in [0.2, 0.25) is 0 Å². The van der Waals surface area contributed by atoms with Crippen molar-refractivity contribution in [3.05, 3.63) is 473 Å². The molecule has 0 atom stereocenters. The van der Waals surface area contributed by atoms with Crippen molar-refractivity contribution in [1.29, 1.82) is 0 Å². The summed E-state index contributed by atoms with van der Waals surface area (Å²) in [5, 5.41) is 18.7. The summed E-state index contributed by atoms with van der Waals surface area (Å²) in [5.41, 5.74) is 31.4. The smallest absolute Gasteiger partial charge is 0.143 e. The zero-order chi connectivity index (χ0) is 85.4. The van der Waals surface area contributed by atoms with Gasteiger partial charge in [0.15, 0.2) is 0 Å². The predicted molar refractivity (Wildman–Crippen MR) is 547 cm³/mol. The van der Waals surface area contributed by atoms with Gasteiger partial charge in [-0.2, -0.15) is 0 Å². The van der Waals surface area contributed by atoms with Crippen molar-refractivity contribution >= 4 is 165 Å². The van der Waals surface area contributed by atoms with E-state index < -0.39 is 0 Å². The third kappa shape index (κ3) is 12.0. The average Bonchev–Trinajstić information content (AvgIpc) is 1.62.